The van der Waals surface area contributed by atoms with Crippen LogP contribution in [0.4, 0.5) is 0 Å². The molecular formula is C17H23N3O. The number of hydrogen-bond donors (Lipinski definition) is 2. The molecule has 3 rings (SSSR count). The number of imidazole rings is 1. The molecule has 1 aromatic carbocycles. The molecule has 1 aliphatic rings. The largest absolute Gasteiger partial charge is 0.384 e. The van der Waals surface area contributed by atoms with Gasteiger partial charge in [-0.25, -0.2) is 4.98 Å². The highest BCUT2D eigenvalue weighted by Gasteiger charge is 2.36. The molecule has 3 N–H and O–H groups in total. The average molecular weight is 285 g/mol. The van der Waals surface area contributed by atoms with Crippen LogP contribution in [0.1, 0.15) is 62.3 Å². The normalized spacial score (nSPS) is 25.7. The highest BCUT2D eigenvalue weighted by Crippen LogP contribution is 2.43. The molecule has 0 spiro atoms. The van der Waals surface area contributed by atoms with Gasteiger partial charge in [-0.1, -0.05) is 30.3 Å². The summed E-state index contributed by atoms with van der Waals surface area (Å²) in [6.07, 6.45) is 2.65. The number of aromatic nitrogens is 2. The predicted molar refractivity (Wildman–Crippen MR) is 82.9 cm³/mol. The third-order valence-corrected chi connectivity index (χ3v) is 4.51. The second-order valence-corrected chi connectivity index (χ2v) is 6.53. The van der Waals surface area contributed by atoms with E-state index in [1.165, 1.54) is 5.56 Å². The lowest BCUT2D eigenvalue weighted by Gasteiger charge is -2.37. The lowest BCUT2D eigenvalue weighted by Crippen LogP contribution is -2.34. The molecule has 0 bridgehead atoms. The second kappa shape index (κ2) is 4.97. The Morgan fingerprint density at radius 3 is 2.57 bits per heavy atom. The fourth-order valence-electron chi connectivity index (χ4n) is 3.40. The van der Waals surface area contributed by atoms with Crippen LogP contribution < -0.4 is 5.73 Å². The zero-order chi connectivity index (χ0) is 15.2. The molecule has 0 saturated heterocycles. The fourth-order valence-corrected chi connectivity index (χ4v) is 3.40. The van der Waals surface area contributed by atoms with Gasteiger partial charge >= 0.3 is 0 Å². The highest BCUT2D eigenvalue weighted by molar-refractivity contribution is 5.26. The molecule has 0 fully saturated rings. The second-order valence-electron chi connectivity index (χ2n) is 6.53. The molecule has 4 nitrogen and oxygen atoms in total. The number of rotatable bonds is 2. The minimum absolute atomic E-state index is 0.0949. The van der Waals surface area contributed by atoms with Crippen LogP contribution in [0, 0.1) is 0 Å². The maximum Gasteiger partial charge on any atom is 0.126 e. The van der Waals surface area contributed by atoms with Gasteiger partial charge in [-0.05, 0) is 32.8 Å². The minimum atomic E-state index is -0.919. The molecule has 2 heterocycles. The van der Waals surface area contributed by atoms with Crippen LogP contribution in [-0.4, -0.2) is 14.7 Å². The van der Waals surface area contributed by atoms with Crippen LogP contribution in [-0.2, 0) is 5.60 Å². The Labute approximate surface area is 125 Å². The molecule has 0 radical (unpaired) electrons. The molecule has 2 aromatic rings. The van der Waals surface area contributed by atoms with Gasteiger partial charge in [-0.2, -0.15) is 0 Å². The average Bonchev–Trinajstić information content (AvgIpc) is 2.89. The molecule has 112 valence electrons. The van der Waals surface area contributed by atoms with Gasteiger partial charge in [0.1, 0.15) is 11.4 Å². The van der Waals surface area contributed by atoms with E-state index in [1.807, 2.05) is 6.07 Å². The number of aliphatic hydroxyl groups is 1. The van der Waals surface area contributed by atoms with Crippen LogP contribution in [0.2, 0.25) is 0 Å². The minimum Gasteiger partial charge on any atom is -0.384 e. The Balaban J connectivity index is 2.08. The van der Waals surface area contributed by atoms with Gasteiger partial charge in [-0.3, -0.25) is 0 Å². The van der Waals surface area contributed by atoms with Crippen molar-refractivity contribution in [2.24, 2.45) is 5.73 Å². The van der Waals surface area contributed by atoms with E-state index < -0.39 is 5.60 Å². The molecule has 21 heavy (non-hydrogen) atoms. The molecule has 1 aromatic heterocycles. The zero-order valence-corrected chi connectivity index (χ0v) is 12.8. The Morgan fingerprint density at radius 1 is 1.29 bits per heavy atom. The summed E-state index contributed by atoms with van der Waals surface area (Å²) in [7, 11) is 0. The highest BCUT2D eigenvalue weighted by atomic mass is 16.3. The van der Waals surface area contributed by atoms with E-state index in [9.17, 15) is 5.11 Å². The van der Waals surface area contributed by atoms with Gasteiger partial charge in [0, 0.05) is 12.0 Å². The number of benzene rings is 1. The predicted octanol–water partition coefficient (Wildman–Crippen LogP) is 2.86. The van der Waals surface area contributed by atoms with Gasteiger partial charge in [0.25, 0.3) is 0 Å². The van der Waals surface area contributed by atoms with Crippen molar-refractivity contribution in [1.82, 2.24) is 9.55 Å². The maximum atomic E-state index is 10.4. The molecule has 0 amide bonds. The summed E-state index contributed by atoms with van der Waals surface area (Å²) in [6.45, 7) is 5.77. The van der Waals surface area contributed by atoms with E-state index in [1.54, 1.807) is 20.0 Å². The molecule has 4 heteroatoms. The molecule has 0 unspecified atom stereocenters. The van der Waals surface area contributed by atoms with E-state index >= 15 is 0 Å². The summed E-state index contributed by atoms with van der Waals surface area (Å²) < 4.78 is 2.13. The van der Waals surface area contributed by atoms with E-state index in [0.29, 0.717) is 5.92 Å². The Kier molecular flexibility index (Phi) is 3.38. The van der Waals surface area contributed by atoms with Crippen LogP contribution in [0.15, 0.2) is 36.5 Å². The van der Waals surface area contributed by atoms with E-state index in [0.717, 1.165) is 17.9 Å². The van der Waals surface area contributed by atoms with Crippen molar-refractivity contribution in [3.05, 3.63) is 53.6 Å². The first-order valence-corrected chi connectivity index (χ1v) is 7.50. The van der Waals surface area contributed by atoms with Crippen LogP contribution in [0.5, 0.6) is 0 Å². The van der Waals surface area contributed by atoms with Crippen molar-refractivity contribution < 1.29 is 5.11 Å². The fraction of sp³-hybridized carbons (Fsp3) is 0.471. The lowest BCUT2D eigenvalue weighted by molar-refractivity contribution is 0.0658. The van der Waals surface area contributed by atoms with Gasteiger partial charge in [0.05, 0.1) is 17.9 Å². The number of hydrogen-bond acceptors (Lipinski definition) is 3. The number of nitrogens with two attached hydrogens (primary N) is 1. The summed E-state index contributed by atoms with van der Waals surface area (Å²) in [5.41, 5.74) is 7.54. The Hall–Kier alpha value is -1.65. The monoisotopic (exact) mass is 285 g/mol. The molecule has 1 aliphatic heterocycles. The van der Waals surface area contributed by atoms with Crippen LogP contribution >= 0.6 is 0 Å². The van der Waals surface area contributed by atoms with Crippen molar-refractivity contribution in [3.8, 4) is 0 Å². The molecule has 0 aliphatic carbocycles. The van der Waals surface area contributed by atoms with Gasteiger partial charge < -0.3 is 15.4 Å². The van der Waals surface area contributed by atoms with Crippen molar-refractivity contribution in [1.29, 1.82) is 0 Å². The summed E-state index contributed by atoms with van der Waals surface area (Å²) in [5.74, 6) is 1.22. The standard InChI is InChI=1S/C17H23N3O/c1-11-13(12-7-5-4-6-8-12)9-14(18)16-19-10-15(20(11)16)17(2,3)21/h4-8,10-11,13-14,21H,9,18H2,1-3H3/t11-,13-,14+/m1/s1. The first-order chi connectivity index (χ1) is 9.89. The Bertz CT molecular complexity index is 627. The molecular weight excluding hydrogens is 262 g/mol. The summed E-state index contributed by atoms with van der Waals surface area (Å²) in [4.78, 5) is 4.46. The van der Waals surface area contributed by atoms with Gasteiger partial charge in [0.15, 0.2) is 0 Å². The van der Waals surface area contributed by atoms with Gasteiger partial charge in [0.2, 0.25) is 0 Å². The topological polar surface area (TPSA) is 64.1 Å². The first kappa shape index (κ1) is 14.3. The summed E-state index contributed by atoms with van der Waals surface area (Å²) in [6, 6.07) is 10.6. The van der Waals surface area contributed by atoms with Crippen LogP contribution in [0.3, 0.4) is 0 Å². The zero-order valence-electron chi connectivity index (χ0n) is 12.8. The van der Waals surface area contributed by atoms with Crippen molar-refractivity contribution in [2.45, 2.75) is 50.8 Å². The van der Waals surface area contributed by atoms with Crippen molar-refractivity contribution >= 4 is 0 Å². The van der Waals surface area contributed by atoms with Gasteiger partial charge in [-0.15, -0.1) is 0 Å². The maximum absolute atomic E-state index is 10.4. The summed E-state index contributed by atoms with van der Waals surface area (Å²) >= 11 is 0. The quantitative estimate of drug-likeness (QED) is 0.891. The Morgan fingerprint density at radius 2 is 1.95 bits per heavy atom. The van der Waals surface area contributed by atoms with Crippen molar-refractivity contribution in [2.75, 3.05) is 0 Å². The third kappa shape index (κ3) is 2.39. The molecule has 0 saturated carbocycles. The van der Waals surface area contributed by atoms with Crippen molar-refractivity contribution in [3.63, 3.8) is 0 Å². The van der Waals surface area contributed by atoms with E-state index in [-0.39, 0.29) is 12.1 Å². The smallest absolute Gasteiger partial charge is 0.126 e. The number of fused-ring (bicyclic) bond motifs is 1. The lowest BCUT2D eigenvalue weighted by atomic mass is 9.83. The van der Waals surface area contributed by atoms with E-state index in [4.69, 9.17) is 5.73 Å². The molecule has 3 atom stereocenters. The van der Waals surface area contributed by atoms with E-state index in [2.05, 4.69) is 40.7 Å². The summed E-state index contributed by atoms with van der Waals surface area (Å²) in [5, 5.41) is 10.4. The first-order valence-electron chi connectivity index (χ1n) is 7.50. The number of nitrogens with zero attached hydrogens (tertiary/aromatic N) is 2. The SMILES string of the molecule is C[C@@H]1[C@H](c2ccccc2)C[C@H](N)c2ncc(C(C)(C)O)n21. The van der Waals surface area contributed by atoms with Crippen LogP contribution in [0.25, 0.3) is 0 Å². The third-order valence-electron chi connectivity index (χ3n) is 4.51.